The molecule has 0 spiro atoms. The number of pyridine rings is 1. The van der Waals surface area contributed by atoms with Gasteiger partial charge in [0.15, 0.2) is 0 Å². The maximum atomic E-state index is 5.95. The summed E-state index contributed by atoms with van der Waals surface area (Å²) in [7, 11) is 0. The highest BCUT2D eigenvalue weighted by Gasteiger charge is 2.34. The van der Waals surface area contributed by atoms with Crippen molar-refractivity contribution in [3.8, 4) is 5.75 Å². The van der Waals surface area contributed by atoms with Crippen molar-refractivity contribution in [1.82, 2.24) is 4.98 Å². The molecule has 0 atom stereocenters. The number of ether oxygens (including phenoxy) is 3. The van der Waals surface area contributed by atoms with Gasteiger partial charge in [-0.05, 0) is 66.5 Å². The van der Waals surface area contributed by atoms with Gasteiger partial charge in [0.2, 0.25) is 0 Å². The van der Waals surface area contributed by atoms with Crippen LogP contribution in [0.2, 0.25) is 0 Å². The molecule has 0 unspecified atom stereocenters. The molecule has 1 aliphatic rings. The van der Waals surface area contributed by atoms with E-state index in [2.05, 4.69) is 46.5 Å². The van der Waals surface area contributed by atoms with Gasteiger partial charge in [-0.2, -0.15) is 0 Å². The summed E-state index contributed by atoms with van der Waals surface area (Å²) in [4.78, 5) is 4.49. The Morgan fingerprint density at radius 2 is 1.71 bits per heavy atom. The van der Waals surface area contributed by atoms with Gasteiger partial charge in [-0.15, -0.1) is 0 Å². The second kappa shape index (κ2) is 7.83. The molecule has 4 heteroatoms. The van der Waals surface area contributed by atoms with Crippen molar-refractivity contribution in [3.63, 3.8) is 0 Å². The van der Waals surface area contributed by atoms with Crippen LogP contribution in [-0.2, 0) is 15.9 Å². The summed E-state index contributed by atoms with van der Waals surface area (Å²) >= 11 is 0. The minimum absolute atomic E-state index is 0.0670. The Morgan fingerprint density at radius 3 is 2.25 bits per heavy atom. The van der Waals surface area contributed by atoms with Gasteiger partial charge in [-0.3, -0.25) is 4.98 Å². The topological polar surface area (TPSA) is 40.6 Å². The third-order valence-electron chi connectivity index (χ3n) is 3.78. The number of nitrogens with zero attached hydrogens (tertiary/aromatic N) is 1. The van der Waals surface area contributed by atoms with E-state index in [1.165, 1.54) is 0 Å². The summed E-state index contributed by atoms with van der Waals surface area (Å²) in [6.07, 6.45) is 6.25. The zero-order chi connectivity index (χ0) is 17.8. The Balaban J connectivity index is 1.66. The SMILES string of the molecule is CC(C)(C)OCCCc1ccc(OC2CC(OC(C)(C)C)C2)cn1. The molecule has 24 heavy (non-hydrogen) atoms. The van der Waals surface area contributed by atoms with Crippen molar-refractivity contribution >= 4 is 0 Å². The van der Waals surface area contributed by atoms with Crippen LogP contribution in [0.25, 0.3) is 0 Å². The van der Waals surface area contributed by atoms with E-state index in [1.54, 1.807) is 0 Å². The third-order valence-corrected chi connectivity index (χ3v) is 3.78. The van der Waals surface area contributed by atoms with Gasteiger partial charge in [0, 0.05) is 25.1 Å². The van der Waals surface area contributed by atoms with E-state index in [-0.39, 0.29) is 17.3 Å². The summed E-state index contributed by atoms with van der Waals surface area (Å²) in [6.45, 7) is 13.3. The van der Waals surface area contributed by atoms with Crippen molar-refractivity contribution < 1.29 is 14.2 Å². The third kappa shape index (κ3) is 7.18. The van der Waals surface area contributed by atoms with E-state index in [1.807, 2.05) is 18.3 Å². The largest absolute Gasteiger partial charge is 0.489 e. The van der Waals surface area contributed by atoms with E-state index in [0.29, 0.717) is 6.10 Å². The first-order valence-electron chi connectivity index (χ1n) is 9.04. The molecular formula is C20H33NO3. The molecule has 1 aromatic heterocycles. The number of hydrogen-bond donors (Lipinski definition) is 0. The van der Waals surface area contributed by atoms with Crippen molar-refractivity contribution in [1.29, 1.82) is 0 Å². The highest BCUT2D eigenvalue weighted by atomic mass is 16.5. The van der Waals surface area contributed by atoms with Crippen LogP contribution in [0.3, 0.4) is 0 Å². The first-order valence-corrected chi connectivity index (χ1v) is 9.04. The smallest absolute Gasteiger partial charge is 0.138 e. The molecule has 0 saturated heterocycles. The Morgan fingerprint density at radius 1 is 1.00 bits per heavy atom. The predicted octanol–water partition coefficient (Wildman–Crippen LogP) is 4.55. The standard InChI is InChI=1S/C20H33NO3/c1-19(2,3)22-11-7-8-15-9-10-16(14-21-15)23-17-12-18(13-17)24-20(4,5)6/h9-10,14,17-18H,7-8,11-13H2,1-6H3. The maximum Gasteiger partial charge on any atom is 0.138 e. The average molecular weight is 335 g/mol. The fraction of sp³-hybridized carbons (Fsp3) is 0.750. The van der Waals surface area contributed by atoms with Crippen LogP contribution >= 0.6 is 0 Å². The predicted molar refractivity (Wildman–Crippen MR) is 96.5 cm³/mol. The van der Waals surface area contributed by atoms with E-state index in [0.717, 1.165) is 43.7 Å². The quantitative estimate of drug-likeness (QED) is 0.685. The first kappa shape index (κ1) is 19.2. The Hall–Kier alpha value is -1.13. The molecule has 0 N–H and O–H groups in total. The number of hydrogen-bond acceptors (Lipinski definition) is 4. The first-order chi connectivity index (χ1) is 11.1. The van der Waals surface area contributed by atoms with Gasteiger partial charge in [0.1, 0.15) is 11.9 Å². The van der Waals surface area contributed by atoms with Gasteiger partial charge >= 0.3 is 0 Å². The average Bonchev–Trinajstić information content (AvgIpc) is 2.40. The molecule has 2 rings (SSSR count). The molecule has 4 nitrogen and oxygen atoms in total. The van der Waals surface area contributed by atoms with E-state index < -0.39 is 0 Å². The van der Waals surface area contributed by atoms with E-state index >= 15 is 0 Å². The fourth-order valence-electron chi connectivity index (χ4n) is 2.66. The molecular weight excluding hydrogens is 302 g/mol. The summed E-state index contributed by atoms with van der Waals surface area (Å²) < 4.78 is 17.6. The molecule has 0 aliphatic heterocycles. The summed E-state index contributed by atoms with van der Waals surface area (Å²) in [5.41, 5.74) is 0.945. The van der Waals surface area contributed by atoms with E-state index in [9.17, 15) is 0 Å². The van der Waals surface area contributed by atoms with Crippen molar-refractivity contribution in [3.05, 3.63) is 24.0 Å². The second-order valence-corrected chi connectivity index (χ2v) is 8.61. The van der Waals surface area contributed by atoms with Gasteiger partial charge in [0.25, 0.3) is 0 Å². The molecule has 0 aromatic carbocycles. The molecule has 1 saturated carbocycles. The molecule has 0 amide bonds. The molecule has 1 aromatic rings. The highest BCUT2D eigenvalue weighted by molar-refractivity contribution is 5.20. The molecule has 1 fully saturated rings. The Labute approximate surface area is 146 Å². The van der Waals surface area contributed by atoms with E-state index in [4.69, 9.17) is 14.2 Å². The van der Waals surface area contributed by atoms with Gasteiger partial charge < -0.3 is 14.2 Å². The Kier molecular flexibility index (Phi) is 6.27. The van der Waals surface area contributed by atoms with Crippen molar-refractivity contribution in [2.24, 2.45) is 0 Å². The lowest BCUT2D eigenvalue weighted by Crippen LogP contribution is -2.43. The summed E-state index contributed by atoms with van der Waals surface area (Å²) in [5.74, 6) is 0.851. The zero-order valence-corrected chi connectivity index (χ0v) is 16.1. The summed E-state index contributed by atoms with van der Waals surface area (Å²) in [6, 6.07) is 4.07. The maximum absolute atomic E-state index is 5.95. The van der Waals surface area contributed by atoms with Crippen LogP contribution in [0.1, 0.15) is 66.5 Å². The number of rotatable bonds is 7. The van der Waals surface area contributed by atoms with Crippen LogP contribution < -0.4 is 4.74 Å². The van der Waals surface area contributed by atoms with Crippen LogP contribution in [-0.4, -0.2) is 35.0 Å². The number of aryl methyl sites for hydroxylation is 1. The lowest BCUT2D eigenvalue weighted by Gasteiger charge is -2.39. The van der Waals surface area contributed by atoms with Crippen LogP contribution in [0.15, 0.2) is 18.3 Å². The number of aromatic nitrogens is 1. The lowest BCUT2D eigenvalue weighted by atomic mass is 9.91. The molecule has 0 radical (unpaired) electrons. The lowest BCUT2D eigenvalue weighted by molar-refractivity contribution is -0.126. The second-order valence-electron chi connectivity index (χ2n) is 8.61. The monoisotopic (exact) mass is 335 g/mol. The Bertz CT molecular complexity index is 493. The fourth-order valence-corrected chi connectivity index (χ4v) is 2.66. The summed E-state index contributed by atoms with van der Waals surface area (Å²) in [5, 5.41) is 0. The van der Waals surface area contributed by atoms with Crippen molar-refractivity contribution in [2.45, 2.75) is 90.6 Å². The molecule has 136 valence electrons. The normalized spacial score (nSPS) is 21.4. The van der Waals surface area contributed by atoms with Gasteiger partial charge in [-0.25, -0.2) is 0 Å². The van der Waals surface area contributed by atoms with Crippen molar-refractivity contribution in [2.75, 3.05) is 6.61 Å². The van der Waals surface area contributed by atoms with Crippen LogP contribution in [0.5, 0.6) is 5.75 Å². The van der Waals surface area contributed by atoms with Gasteiger partial charge in [0.05, 0.1) is 23.5 Å². The van der Waals surface area contributed by atoms with Crippen LogP contribution in [0, 0.1) is 0 Å². The van der Waals surface area contributed by atoms with Crippen LogP contribution in [0.4, 0.5) is 0 Å². The zero-order valence-electron chi connectivity index (χ0n) is 16.1. The molecule has 0 bridgehead atoms. The molecule has 1 aliphatic carbocycles. The minimum Gasteiger partial charge on any atom is -0.489 e. The molecule has 1 heterocycles. The minimum atomic E-state index is -0.0739. The highest BCUT2D eigenvalue weighted by Crippen LogP contribution is 2.31. The van der Waals surface area contributed by atoms with Gasteiger partial charge in [-0.1, -0.05) is 0 Å².